The monoisotopic (exact) mass is 309 g/mol. The van der Waals surface area contributed by atoms with Crippen LogP contribution in [0.5, 0.6) is 0 Å². The molecule has 116 valence electrons. The number of rotatable bonds is 8. The Hall–Kier alpha value is -1.40. The molecule has 3 N–H and O–H groups in total. The Balaban J connectivity index is 1.48. The molecule has 1 saturated heterocycles. The first kappa shape index (κ1) is 16.0. The van der Waals surface area contributed by atoms with Gasteiger partial charge in [-0.25, -0.2) is 0 Å². The van der Waals surface area contributed by atoms with Gasteiger partial charge in [-0.15, -0.1) is 0 Å². The molecule has 1 atom stereocenters. The normalized spacial score (nSPS) is 17.6. The van der Waals surface area contributed by atoms with Gasteiger partial charge in [-0.2, -0.15) is 11.3 Å². The summed E-state index contributed by atoms with van der Waals surface area (Å²) in [5, 5.41) is 12.8. The molecule has 6 heteroatoms. The lowest BCUT2D eigenvalue weighted by Crippen LogP contribution is -2.28. The van der Waals surface area contributed by atoms with E-state index in [0.29, 0.717) is 30.9 Å². The second-order valence-electron chi connectivity index (χ2n) is 5.37. The molecule has 1 fully saturated rings. The number of carbonyl (C=O) groups is 2. The predicted molar refractivity (Wildman–Crippen MR) is 84.5 cm³/mol. The summed E-state index contributed by atoms with van der Waals surface area (Å²) in [4.78, 5) is 23.3. The van der Waals surface area contributed by atoms with Crippen molar-refractivity contribution in [2.24, 2.45) is 5.92 Å². The first-order chi connectivity index (χ1) is 10.3. The maximum atomic E-state index is 11.7. The summed E-state index contributed by atoms with van der Waals surface area (Å²) in [5.74, 6) is 0.714. The van der Waals surface area contributed by atoms with E-state index in [2.05, 4.69) is 16.0 Å². The van der Waals surface area contributed by atoms with Gasteiger partial charge in [-0.05, 0) is 49.7 Å². The number of hydrogen-bond donors (Lipinski definition) is 3. The molecule has 2 amide bonds. The van der Waals surface area contributed by atoms with Crippen LogP contribution in [0.3, 0.4) is 0 Å². The number of carbonyl (C=O) groups excluding carboxylic acids is 2. The van der Waals surface area contributed by atoms with Crippen LogP contribution in [-0.4, -0.2) is 38.0 Å². The van der Waals surface area contributed by atoms with Crippen molar-refractivity contribution in [2.45, 2.75) is 25.7 Å². The van der Waals surface area contributed by atoms with Gasteiger partial charge in [0.05, 0.1) is 0 Å². The molecule has 1 aliphatic heterocycles. The van der Waals surface area contributed by atoms with Crippen LogP contribution in [0.15, 0.2) is 16.8 Å². The zero-order chi connectivity index (χ0) is 14.9. The second-order valence-corrected chi connectivity index (χ2v) is 6.15. The minimum atomic E-state index is -0.0645. The number of thiophene rings is 1. The molecule has 0 saturated carbocycles. The lowest BCUT2D eigenvalue weighted by Gasteiger charge is -2.09. The summed E-state index contributed by atoms with van der Waals surface area (Å²) in [7, 11) is 0. The molecule has 2 rings (SSSR count). The molecule has 1 aliphatic rings. The molecule has 0 bridgehead atoms. The van der Waals surface area contributed by atoms with E-state index in [0.717, 1.165) is 26.1 Å². The van der Waals surface area contributed by atoms with Gasteiger partial charge in [0.1, 0.15) is 0 Å². The van der Waals surface area contributed by atoms with Gasteiger partial charge in [0.25, 0.3) is 5.91 Å². The Morgan fingerprint density at radius 3 is 2.95 bits per heavy atom. The van der Waals surface area contributed by atoms with Crippen molar-refractivity contribution in [1.29, 1.82) is 0 Å². The zero-order valence-electron chi connectivity index (χ0n) is 12.2. The summed E-state index contributed by atoms with van der Waals surface area (Å²) in [6.07, 6.45) is 3.40. The van der Waals surface area contributed by atoms with Crippen LogP contribution in [0, 0.1) is 5.92 Å². The minimum absolute atomic E-state index is 0.0645. The van der Waals surface area contributed by atoms with E-state index < -0.39 is 0 Å². The first-order valence-electron chi connectivity index (χ1n) is 7.53. The highest BCUT2D eigenvalue weighted by Gasteiger charge is 2.14. The molecule has 0 aliphatic carbocycles. The minimum Gasteiger partial charge on any atom is -0.356 e. The Morgan fingerprint density at radius 2 is 2.24 bits per heavy atom. The molecular weight excluding hydrogens is 286 g/mol. The average molecular weight is 309 g/mol. The van der Waals surface area contributed by atoms with Crippen LogP contribution < -0.4 is 16.0 Å². The SMILES string of the molecule is O=C(CCCNC(=O)c1ccsc1)NCCC1CCNC1. The number of hydrogen-bond acceptors (Lipinski definition) is 4. The summed E-state index contributed by atoms with van der Waals surface area (Å²) in [6.45, 7) is 3.47. The molecule has 21 heavy (non-hydrogen) atoms. The highest BCUT2D eigenvalue weighted by Crippen LogP contribution is 2.10. The van der Waals surface area contributed by atoms with E-state index in [4.69, 9.17) is 0 Å². The van der Waals surface area contributed by atoms with Crippen molar-refractivity contribution in [3.8, 4) is 0 Å². The van der Waals surface area contributed by atoms with E-state index in [1.54, 1.807) is 6.07 Å². The van der Waals surface area contributed by atoms with Crippen LogP contribution in [0.4, 0.5) is 0 Å². The highest BCUT2D eigenvalue weighted by atomic mass is 32.1. The van der Waals surface area contributed by atoms with Crippen LogP contribution in [-0.2, 0) is 4.79 Å². The van der Waals surface area contributed by atoms with Gasteiger partial charge in [0, 0.05) is 30.5 Å². The standard InChI is InChI=1S/C15H23N3O2S/c19-14(17-8-4-12-3-7-16-10-12)2-1-6-18-15(20)13-5-9-21-11-13/h5,9,11-12,16H,1-4,6-8,10H2,(H,17,19)(H,18,20). The van der Waals surface area contributed by atoms with Crippen molar-refractivity contribution in [1.82, 2.24) is 16.0 Å². The summed E-state index contributed by atoms with van der Waals surface area (Å²) in [5.41, 5.74) is 0.689. The number of nitrogens with one attached hydrogen (secondary N) is 3. The van der Waals surface area contributed by atoms with Crippen molar-refractivity contribution in [3.63, 3.8) is 0 Å². The highest BCUT2D eigenvalue weighted by molar-refractivity contribution is 7.08. The summed E-state index contributed by atoms with van der Waals surface area (Å²) < 4.78 is 0. The van der Waals surface area contributed by atoms with Gasteiger partial charge in [-0.3, -0.25) is 9.59 Å². The lowest BCUT2D eigenvalue weighted by atomic mass is 10.1. The molecule has 1 aromatic heterocycles. The van der Waals surface area contributed by atoms with Gasteiger partial charge < -0.3 is 16.0 Å². The molecule has 1 unspecified atom stereocenters. The topological polar surface area (TPSA) is 70.2 Å². The van der Waals surface area contributed by atoms with E-state index in [-0.39, 0.29) is 11.8 Å². The van der Waals surface area contributed by atoms with Crippen molar-refractivity contribution < 1.29 is 9.59 Å². The van der Waals surface area contributed by atoms with Gasteiger partial charge in [0.2, 0.25) is 5.91 Å². The molecule has 0 aromatic carbocycles. The third-order valence-electron chi connectivity index (χ3n) is 3.69. The molecular formula is C15H23N3O2S. The summed E-state index contributed by atoms with van der Waals surface area (Å²) >= 11 is 1.50. The van der Waals surface area contributed by atoms with Gasteiger partial charge >= 0.3 is 0 Å². The average Bonchev–Trinajstić information content (AvgIpc) is 3.16. The number of amides is 2. The van der Waals surface area contributed by atoms with Crippen LogP contribution in [0.2, 0.25) is 0 Å². The molecule has 1 aromatic rings. The van der Waals surface area contributed by atoms with Crippen molar-refractivity contribution in [2.75, 3.05) is 26.2 Å². The maximum absolute atomic E-state index is 11.7. The van der Waals surface area contributed by atoms with Crippen LogP contribution in [0.1, 0.15) is 36.0 Å². The van der Waals surface area contributed by atoms with E-state index in [9.17, 15) is 9.59 Å². The Bertz CT molecular complexity index is 442. The fraction of sp³-hybridized carbons (Fsp3) is 0.600. The second kappa shape index (κ2) is 8.79. The van der Waals surface area contributed by atoms with Crippen molar-refractivity contribution in [3.05, 3.63) is 22.4 Å². The lowest BCUT2D eigenvalue weighted by molar-refractivity contribution is -0.121. The zero-order valence-corrected chi connectivity index (χ0v) is 13.0. The third kappa shape index (κ3) is 5.85. The Labute approximate surface area is 129 Å². The fourth-order valence-corrected chi connectivity index (χ4v) is 3.05. The predicted octanol–water partition coefficient (Wildman–Crippen LogP) is 1.37. The van der Waals surface area contributed by atoms with Crippen LogP contribution >= 0.6 is 11.3 Å². The smallest absolute Gasteiger partial charge is 0.252 e. The van der Waals surface area contributed by atoms with E-state index in [1.807, 2.05) is 10.8 Å². The van der Waals surface area contributed by atoms with Gasteiger partial charge in [-0.1, -0.05) is 0 Å². The van der Waals surface area contributed by atoms with Crippen LogP contribution in [0.25, 0.3) is 0 Å². The largest absolute Gasteiger partial charge is 0.356 e. The van der Waals surface area contributed by atoms with Crippen molar-refractivity contribution >= 4 is 23.2 Å². The molecule has 0 spiro atoms. The molecule has 0 radical (unpaired) electrons. The van der Waals surface area contributed by atoms with Gasteiger partial charge in [0.15, 0.2) is 0 Å². The fourth-order valence-electron chi connectivity index (χ4n) is 2.41. The third-order valence-corrected chi connectivity index (χ3v) is 4.37. The van der Waals surface area contributed by atoms with E-state index >= 15 is 0 Å². The first-order valence-corrected chi connectivity index (χ1v) is 8.48. The Kier molecular flexibility index (Phi) is 6.69. The molecule has 5 nitrogen and oxygen atoms in total. The molecule has 2 heterocycles. The maximum Gasteiger partial charge on any atom is 0.252 e. The summed E-state index contributed by atoms with van der Waals surface area (Å²) in [6, 6.07) is 1.80. The Morgan fingerprint density at radius 1 is 1.33 bits per heavy atom. The quantitative estimate of drug-likeness (QED) is 0.635. The van der Waals surface area contributed by atoms with E-state index in [1.165, 1.54) is 17.8 Å².